The first-order valence-corrected chi connectivity index (χ1v) is 7.23. The molecule has 0 aliphatic carbocycles. The van der Waals surface area contributed by atoms with Crippen LogP contribution in [0.3, 0.4) is 0 Å². The van der Waals surface area contributed by atoms with E-state index in [1.807, 2.05) is 0 Å². The number of rotatable bonds is 7. The van der Waals surface area contributed by atoms with E-state index in [1.54, 1.807) is 24.3 Å². The Labute approximate surface area is 134 Å². The molecule has 0 bridgehead atoms. The Kier molecular flexibility index (Phi) is 6.85. The zero-order chi connectivity index (χ0) is 16.7. The van der Waals surface area contributed by atoms with Gasteiger partial charge in [0.2, 0.25) is 5.91 Å². The van der Waals surface area contributed by atoms with E-state index in [4.69, 9.17) is 16.7 Å². The molecule has 2 N–H and O–H groups in total. The predicted molar refractivity (Wildman–Crippen MR) is 82.9 cm³/mol. The summed E-state index contributed by atoms with van der Waals surface area (Å²) in [5.74, 6) is -1.56. The normalized spacial score (nSPS) is 11.6. The van der Waals surface area contributed by atoms with Gasteiger partial charge in [0.05, 0.1) is 0 Å². The van der Waals surface area contributed by atoms with Gasteiger partial charge < -0.3 is 15.3 Å². The Morgan fingerprint density at radius 1 is 1.27 bits per heavy atom. The average molecular weight is 327 g/mol. The highest BCUT2D eigenvalue weighted by molar-refractivity contribution is 6.30. The number of hydrogen-bond acceptors (Lipinski definition) is 3. The first-order chi connectivity index (χ1) is 10.3. The second kappa shape index (κ2) is 8.38. The number of carbonyl (C=O) groups is 3. The number of hydrogen-bond donors (Lipinski definition) is 2. The quantitative estimate of drug-likeness (QED) is 0.748. The molecule has 7 heteroatoms. The third-order valence-corrected chi connectivity index (χ3v) is 3.54. The monoisotopic (exact) mass is 326 g/mol. The van der Waals surface area contributed by atoms with Crippen LogP contribution in [0.2, 0.25) is 5.02 Å². The minimum Gasteiger partial charge on any atom is -0.480 e. The fourth-order valence-corrected chi connectivity index (χ4v) is 1.83. The molecule has 0 aromatic heterocycles. The van der Waals surface area contributed by atoms with E-state index < -0.39 is 12.0 Å². The molecule has 0 saturated heterocycles. The van der Waals surface area contributed by atoms with Crippen molar-refractivity contribution in [3.8, 4) is 0 Å². The lowest BCUT2D eigenvalue weighted by Gasteiger charge is -2.21. The fourth-order valence-electron chi connectivity index (χ4n) is 1.70. The van der Waals surface area contributed by atoms with E-state index in [0.717, 1.165) is 0 Å². The van der Waals surface area contributed by atoms with Crippen molar-refractivity contribution in [2.45, 2.75) is 25.8 Å². The van der Waals surface area contributed by atoms with Crippen LogP contribution >= 0.6 is 11.6 Å². The summed E-state index contributed by atoms with van der Waals surface area (Å²) in [6.45, 7) is 1.78. The Morgan fingerprint density at radius 3 is 2.41 bits per heavy atom. The number of carboxylic acid groups (broad SMARTS) is 1. The largest absolute Gasteiger partial charge is 0.480 e. The molecular formula is C15H19ClN2O4. The highest BCUT2D eigenvalue weighted by Gasteiger charge is 2.20. The van der Waals surface area contributed by atoms with Gasteiger partial charge in [0.1, 0.15) is 6.04 Å². The lowest BCUT2D eigenvalue weighted by Crippen LogP contribution is -2.40. The number of aliphatic carboxylic acids is 1. The molecule has 0 heterocycles. The number of carbonyl (C=O) groups excluding carboxylic acids is 2. The van der Waals surface area contributed by atoms with Crippen molar-refractivity contribution in [2.75, 3.05) is 13.6 Å². The molecule has 1 rings (SSSR count). The number of nitrogens with one attached hydrogen (secondary N) is 1. The summed E-state index contributed by atoms with van der Waals surface area (Å²) in [7, 11) is 1.45. The van der Waals surface area contributed by atoms with Crippen molar-refractivity contribution in [3.05, 3.63) is 34.9 Å². The number of nitrogens with zero attached hydrogens (tertiary/aromatic N) is 1. The summed E-state index contributed by atoms with van der Waals surface area (Å²) in [5.41, 5.74) is 0.493. The van der Waals surface area contributed by atoms with Crippen LogP contribution in [0.1, 0.15) is 30.1 Å². The van der Waals surface area contributed by atoms with E-state index in [2.05, 4.69) is 5.32 Å². The van der Waals surface area contributed by atoms with Crippen LogP contribution in [0.25, 0.3) is 0 Å². The van der Waals surface area contributed by atoms with E-state index in [1.165, 1.54) is 18.9 Å². The van der Waals surface area contributed by atoms with Crippen molar-refractivity contribution < 1.29 is 19.5 Å². The summed E-state index contributed by atoms with van der Waals surface area (Å²) in [5, 5.41) is 12.1. The third-order valence-electron chi connectivity index (χ3n) is 3.29. The molecular weight excluding hydrogens is 308 g/mol. The zero-order valence-corrected chi connectivity index (χ0v) is 13.3. The van der Waals surface area contributed by atoms with Gasteiger partial charge in [0.25, 0.3) is 5.91 Å². The molecule has 1 unspecified atom stereocenters. The summed E-state index contributed by atoms with van der Waals surface area (Å²) in [6, 6.07) is 5.62. The van der Waals surface area contributed by atoms with Gasteiger partial charge in [0.15, 0.2) is 0 Å². The molecule has 2 amide bonds. The molecule has 1 aromatic carbocycles. The van der Waals surface area contributed by atoms with Gasteiger partial charge in [-0.05, 0) is 37.6 Å². The smallest absolute Gasteiger partial charge is 0.326 e. The van der Waals surface area contributed by atoms with Gasteiger partial charge in [-0.1, -0.05) is 11.6 Å². The SMILES string of the molecule is CC(C(=O)O)N(C)C(=O)CCCNC(=O)c1ccc(Cl)cc1. The van der Waals surface area contributed by atoms with E-state index in [0.29, 0.717) is 23.6 Å². The molecule has 0 radical (unpaired) electrons. The maximum atomic E-state index is 11.8. The van der Waals surface area contributed by atoms with E-state index in [-0.39, 0.29) is 18.2 Å². The number of amides is 2. The molecule has 0 aliphatic rings. The fraction of sp³-hybridized carbons (Fsp3) is 0.400. The minimum absolute atomic E-state index is 0.176. The second-order valence-corrected chi connectivity index (χ2v) is 5.32. The summed E-state index contributed by atoms with van der Waals surface area (Å²) in [4.78, 5) is 35.5. The van der Waals surface area contributed by atoms with E-state index in [9.17, 15) is 14.4 Å². The Morgan fingerprint density at radius 2 is 1.86 bits per heavy atom. The number of halogens is 1. The van der Waals surface area contributed by atoms with Crippen molar-refractivity contribution in [1.29, 1.82) is 0 Å². The zero-order valence-electron chi connectivity index (χ0n) is 12.5. The Bertz CT molecular complexity index is 545. The standard InChI is InChI=1S/C15H19ClN2O4/c1-10(15(21)22)18(2)13(19)4-3-9-17-14(20)11-5-7-12(16)8-6-11/h5-8,10H,3-4,9H2,1-2H3,(H,17,20)(H,21,22). The Balaban J connectivity index is 2.33. The first kappa shape index (κ1) is 18.0. The lowest BCUT2D eigenvalue weighted by atomic mass is 10.2. The van der Waals surface area contributed by atoms with Crippen molar-refractivity contribution >= 4 is 29.4 Å². The first-order valence-electron chi connectivity index (χ1n) is 6.85. The van der Waals surface area contributed by atoms with Crippen LogP contribution in [0, 0.1) is 0 Å². The van der Waals surface area contributed by atoms with Crippen LogP contribution in [0.15, 0.2) is 24.3 Å². The molecule has 120 valence electrons. The minimum atomic E-state index is -1.05. The molecule has 1 aromatic rings. The number of carboxylic acids is 1. The molecule has 6 nitrogen and oxygen atoms in total. The van der Waals surface area contributed by atoms with Gasteiger partial charge in [-0.15, -0.1) is 0 Å². The van der Waals surface area contributed by atoms with Crippen molar-refractivity contribution in [1.82, 2.24) is 10.2 Å². The number of benzene rings is 1. The average Bonchev–Trinajstić information content (AvgIpc) is 2.50. The highest BCUT2D eigenvalue weighted by atomic mass is 35.5. The molecule has 0 spiro atoms. The second-order valence-electron chi connectivity index (χ2n) is 4.89. The maximum Gasteiger partial charge on any atom is 0.326 e. The summed E-state index contributed by atoms with van der Waals surface area (Å²) >= 11 is 5.74. The number of likely N-dealkylation sites (N-methyl/N-ethyl adjacent to an activating group) is 1. The van der Waals surface area contributed by atoms with E-state index >= 15 is 0 Å². The maximum absolute atomic E-state index is 11.8. The summed E-state index contributed by atoms with van der Waals surface area (Å²) in [6.07, 6.45) is 0.615. The van der Waals surface area contributed by atoms with Gasteiger partial charge in [-0.25, -0.2) is 4.79 Å². The predicted octanol–water partition coefficient (Wildman–Crippen LogP) is 1.78. The van der Waals surface area contributed by atoms with Crippen LogP contribution in [-0.2, 0) is 9.59 Å². The van der Waals surface area contributed by atoms with Gasteiger partial charge in [-0.3, -0.25) is 9.59 Å². The Hall–Kier alpha value is -2.08. The lowest BCUT2D eigenvalue weighted by molar-refractivity contribution is -0.148. The van der Waals surface area contributed by atoms with Crippen LogP contribution in [0.5, 0.6) is 0 Å². The van der Waals surface area contributed by atoms with Gasteiger partial charge in [-0.2, -0.15) is 0 Å². The van der Waals surface area contributed by atoms with Crippen molar-refractivity contribution in [3.63, 3.8) is 0 Å². The van der Waals surface area contributed by atoms with Crippen LogP contribution in [0.4, 0.5) is 0 Å². The van der Waals surface area contributed by atoms with Crippen LogP contribution in [-0.4, -0.2) is 47.4 Å². The van der Waals surface area contributed by atoms with Crippen molar-refractivity contribution in [2.24, 2.45) is 0 Å². The molecule has 0 aliphatic heterocycles. The molecule has 1 atom stereocenters. The molecule has 0 fully saturated rings. The summed E-state index contributed by atoms with van der Waals surface area (Å²) < 4.78 is 0. The third kappa shape index (κ3) is 5.37. The van der Waals surface area contributed by atoms with Crippen LogP contribution < -0.4 is 5.32 Å². The molecule has 22 heavy (non-hydrogen) atoms. The van der Waals surface area contributed by atoms with Gasteiger partial charge >= 0.3 is 5.97 Å². The van der Waals surface area contributed by atoms with Gasteiger partial charge in [0, 0.05) is 30.6 Å². The molecule has 0 saturated carbocycles. The highest BCUT2D eigenvalue weighted by Crippen LogP contribution is 2.09. The topological polar surface area (TPSA) is 86.7 Å².